The van der Waals surface area contributed by atoms with E-state index in [-0.39, 0.29) is 11.9 Å². The van der Waals surface area contributed by atoms with Crippen LogP contribution in [0.5, 0.6) is 0 Å². The molecule has 2 aromatic heterocycles. The van der Waals surface area contributed by atoms with Crippen LogP contribution in [0.3, 0.4) is 0 Å². The molecule has 1 amide bonds. The summed E-state index contributed by atoms with van der Waals surface area (Å²) in [6.07, 6.45) is 2.01. The minimum atomic E-state index is -0.735. The molecule has 2 rings (SSSR count). The fraction of sp³-hybridized carbons (Fsp3) is 0.500. The van der Waals surface area contributed by atoms with Crippen LogP contribution in [0.15, 0.2) is 28.9 Å². The molecule has 0 fully saturated rings. The van der Waals surface area contributed by atoms with Crippen LogP contribution in [0.25, 0.3) is 0 Å². The summed E-state index contributed by atoms with van der Waals surface area (Å²) in [5, 5.41) is 19.7. The van der Waals surface area contributed by atoms with Crippen LogP contribution in [0.4, 0.5) is 0 Å². The standard InChI is InChI=1S/C16H23N3O3/c1-10(2)7-12-9-13(19-18-12)16(21)17-11(3)8-14(20)15-5-4-6-22-15/h4-6,9-11,14,20H,7-8H2,1-3H3,(H,17,21)(H,18,19). The number of amides is 1. The Morgan fingerprint density at radius 3 is 2.86 bits per heavy atom. The van der Waals surface area contributed by atoms with Gasteiger partial charge in [-0.1, -0.05) is 13.8 Å². The zero-order valence-corrected chi connectivity index (χ0v) is 13.2. The van der Waals surface area contributed by atoms with Crippen molar-refractivity contribution in [3.05, 3.63) is 41.6 Å². The zero-order valence-electron chi connectivity index (χ0n) is 13.2. The summed E-state index contributed by atoms with van der Waals surface area (Å²) in [4.78, 5) is 12.1. The number of H-pyrrole nitrogens is 1. The maximum absolute atomic E-state index is 12.1. The van der Waals surface area contributed by atoms with E-state index in [0.717, 1.165) is 12.1 Å². The molecule has 0 aliphatic heterocycles. The first-order chi connectivity index (χ1) is 10.5. The molecule has 0 saturated carbocycles. The van der Waals surface area contributed by atoms with Crippen LogP contribution in [0.1, 0.15) is 55.2 Å². The van der Waals surface area contributed by atoms with Crippen molar-refractivity contribution in [1.29, 1.82) is 0 Å². The number of hydrogen-bond donors (Lipinski definition) is 3. The predicted octanol–water partition coefficient (Wildman–Crippen LogP) is 2.44. The van der Waals surface area contributed by atoms with E-state index < -0.39 is 6.10 Å². The van der Waals surface area contributed by atoms with Crippen molar-refractivity contribution in [2.45, 2.75) is 45.8 Å². The average Bonchev–Trinajstić information content (AvgIpc) is 3.08. The molecule has 2 aromatic rings. The summed E-state index contributed by atoms with van der Waals surface area (Å²) < 4.78 is 5.15. The van der Waals surface area contributed by atoms with Crippen LogP contribution >= 0.6 is 0 Å². The minimum absolute atomic E-state index is 0.196. The van der Waals surface area contributed by atoms with Crippen molar-refractivity contribution < 1.29 is 14.3 Å². The normalized spacial score (nSPS) is 14.0. The van der Waals surface area contributed by atoms with Gasteiger partial charge in [-0.2, -0.15) is 5.10 Å². The molecule has 0 aromatic carbocycles. The van der Waals surface area contributed by atoms with Gasteiger partial charge >= 0.3 is 0 Å². The third-order valence-electron chi connectivity index (χ3n) is 3.32. The Hall–Kier alpha value is -2.08. The highest BCUT2D eigenvalue weighted by Gasteiger charge is 2.18. The number of nitrogens with zero attached hydrogens (tertiary/aromatic N) is 1. The monoisotopic (exact) mass is 305 g/mol. The van der Waals surface area contributed by atoms with Gasteiger partial charge in [0.15, 0.2) is 0 Å². The number of aliphatic hydroxyl groups excluding tert-OH is 1. The number of carbonyl (C=O) groups excluding carboxylic acids is 1. The molecule has 22 heavy (non-hydrogen) atoms. The Labute approximate surface area is 129 Å². The Bertz CT molecular complexity index is 590. The highest BCUT2D eigenvalue weighted by atomic mass is 16.4. The lowest BCUT2D eigenvalue weighted by molar-refractivity contribution is 0.0898. The fourth-order valence-electron chi connectivity index (χ4n) is 2.31. The van der Waals surface area contributed by atoms with Crippen LogP contribution in [0.2, 0.25) is 0 Å². The minimum Gasteiger partial charge on any atom is -0.467 e. The van der Waals surface area contributed by atoms with Gasteiger partial charge < -0.3 is 14.8 Å². The number of aromatic amines is 1. The topological polar surface area (TPSA) is 91.2 Å². The summed E-state index contributed by atoms with van der Waals surface area (Å²) in [6.45, 7) is 6.06. The van der Waals surface area contributed by atoms with E-state index in [9.17, 15) is 9.90 Å². The summed E-state index contributed by atoms with van der Waals surface area (Å²) in [5.41, 5.74) is 1.32. The lowest BCUT2D eigenvalue weighted by Crippen LogP contribution is -2.34. The zero-order chi connectivity index (χ0) is 16.1. The smallest absolute Gasteiger partial charge is 0.271 e. The summed E-state index contributed by atoms with van der Waals surface area (Å²) in [7, 11) is 0. The molecule has 6 heteroatoms. The van der Waals surface area contributed by atoms with Crippen molar-refractivity contribution in [2.75, 3.05) is 0 Å². The first kappa shape index (κ1) is 16.3. The highest BCUT2D eigenvalue weighted by molar-refractivity contribution is 5.92. The van der Waals surface area contributed by atoms with E-state index >= 15 is 0 Å². The number of rotatable bonds is 7. The van der Waals surface area contributed by atoms with Crippen molar-refractivity contribution in [1.82, 2.24) is 15.5 Å². The Morgan fingerprint density at radius 1 is 1.45 bits per heavy atom. The molecule has 0 radical (unpaired) electrons. The maximum Gasteiger partial charge on any atom is 0.271 e. The van der Waals surface area contributed by atoms with Gasteiger partial charge in [0, 0.05) is 18.2 Å². The molecule has 2 heterocycles. The van der Waals surface area contributed by atoms with Crippen LogP contribution in [-0.2, 0) is 6.42 Å². The van der Waals surface area contributed by atoms with E-state index in [0.29, 0.717) is 23.8 Å². The molecule has 0 spiro atoms. The molecule has 3 N–H and O–H groups in total. The second-order valence-corrected chi connectivity index (χ2v) is 6.02. The van der Waals surface area contributed by atoms with Gasteiger partial charge in [0.1, 0.15) is 17.6 Å². The lowest BCUT2D eigenvalue weighted by Gasteiger charge is -2.15. The molecule has 2 unspecified atom stereocenters. The largest absolute Gasteiger partial charge is 0.467 e. The molecular formula is C16H23N3O3. The van der Waals surface area contributed by atoms with Crippen LogP contribution < -0.4 is 5.32 Å². The number of carbonyl (C=O) groups is 1. The SMILES string of the molecule is CC(C)Cc1cc(C(=O)NC(C)CC(O)c2ccco2)n[nH]1. The maximum atomic E-state index is 12.1. The fourth-order valence-corrected chi connectivity index (χ4v) is 2.31. The van der Waals surface area contributed by atoms with E-state index in [1.807, 2.05) is 6.92 Å². The molecule has 2 atom stereocenters. The Morgan fingerprint density at radius 2 is 2.23 bits per heavy atom. The van der Waals surface area contributed by atoms with Gasteiger partial charge in [-0.25, -0.2) is 0 Å². The van der Waals surface area contributed by atoms with Gasteiger partial charge in [-0.3, -0.25) is 9.89 Å². The van der Waals surface area contributed by atoms with E-state index in [1.54, 1.807) is 18.2 Å². The second kappa shape index (κ2) is 7.26. The Balaban J connectivity index is 1.86. The predicted molar refractivity (Wildman–Crippen MR) is 82.3 cm³/mol. The van der Waals surface area contributed by atoms with Crippen molar-refractivity contribution >= 4 is 5.91 Å². The summed E-state index contributed by atoms with van der Waals surface area (Å²) >= 11 is 0. The average molecular weight is 305 g/mol. The lowest BCUT2D eigenvalue weighted by atomic mass is 10.1. The Kier molecular flexibility index (Phi) is 5.38. The van der Waals surface area contributed by atoms with Crippen molar-refractivity contribution in [2.24, 2.45) is 5.92 Å². The molecule has 0 aliphatic carbocycles. The van der Waals surface area contributed by atoms with Gasteiger partial charge in [0.25, 0.3) is 5.91 Å². The second-order valence-electron chi connectivity index (χ2n) is 6.02. The first-order valence-corrected chi connectivity index (χ1v) is 7.52. The number of hydrogen-bond acceptors (Lipinski definition) is 4. The van der Waals surface area contributed by atoms with Crippen molar-refractivity contribution in [3.8, 4) is 0 Å². The van der Waals surface area contributed by atoms with E-state index in [2.05, 4.69) is 29.4 Å². The van der Waals surface area contributed by atoms with Gasteiger partial charge in [-0.05, 0) is 37.5 Å². The number of aliphatic hydroxyl groups is 1. The van der Waals surface area contributed by atoms with Crippen LogP contribution in [0, 0.1) is 5.92 Å². The van der Waals surface area contributed by atoms with Crippen LogP contribution in [-0.4, -0.2) is 27.3 Å². The molecule has 120 valence electrons. The van der Waals surface area contributed by atoms with Gasteiger partial charge in [0.2, 0.25) is 0 Å². The molecule has 6 nitrogen and oxygen atoms in total. The highest BCUT2D eigenvalue weighted by Crippen LogP contribution is 2.18. The number of furan rings is 1. The van der Waals surface area contributed by atoms with E-state index in [4.69, 9.17) is 4.42 Å². The third kappa shape index (κ3) is 4.46. The molecular weight excluding hydrogens is 282 g/mol. The summed E-state index contributed by atoms with van der Waals surface area (Å²) in [6, 6.07) is 5.01. The third-order valence-corrected chi connectivity index (χ3v) is 3.32. The van der Waals surface area contributed by atoms with Gasteiger partial charge in [-0.15, -0.1) is 0 Å². The summed E-state index contributed by atoms with van der Waals surface area (Å²) in [5.74, 6) is 0.754. The quantitative estimate of drug-likeness (QED) is 0.732. The first-order valence-electron chi connectivity index (χ1n) is 7.52. The number of nitrogens with one attached hydrogen (secondary N) is 2. The van der Waals surface area contributed by atoms with E-state index in [1.165, 1.54) is 6.26 Å². The molecule has 0 aliphatic rings. The molecule has 0 saturated heterocycles. The molecule has 0 bridgehead atoms. The number of aromatic nitrogens is 2. The van der Waals surface area contributed by atoms with Gasteiger partial charge in [0.05, 0.1) is 6.26 Å². The van der Waals surface area contributed by atoms with Crippen molar-refractivity contribution in [3.63, 3.8) is 0 Å².